The van der Waals surface area contributed by atoms with Crippen molar-refractivity contribution in [3.05, 3.63) is 35.4 Å². The van der Waals surface area contributed by atoms with Crippen LogP contribution in [0.2, 0.25) is 0 Å². The third kappa shape index (κ3) is 7.41. The van der Waals surface area contributed by atoms with Gasteiger partial charge in [0.25, 0.3) is 0 Å². The Hall–Kier alpha value is -2.18. The SMILES string of the molecule is CCN(CCOOSc1cc(OC)c(N)cc1C)CCS(=O)(=O)c1cc(OC)c(N)cc1C. The van der Waals surface area contributed by atoms with E-state index in [9.17, 15) is 8.42 Å². The number of ether oxygens (including phenoxy) is 2. The van der Waals surface area contributed by atoms with Crippen LogP contribution in [0.3, 0.4) is 0 Å². The van der Waals surface area contributed by atoms with E-state index in [1.165, 1.54) is 13.2 Å². The van der Waals surface area contributed by atoms with Gasteiger partial charge in [-0.25, -0.2) is 13.3 Å². The number of rotatable bonds is 13. The summed E-state index contributed by atoms with van der Waals surface area (Å²) in [6, 6.07) is 6.70. The molecule has 0 atom stereocenters. The first-order valence-corrected chi connectivity index (χ1v) is 12.8. The molecule has 4 N–H and O–H groups in total. The smallest absolute Gasteiger partial charge is 0.180 e. The summed E-state index contributed by atoms with van der Waals surface area (Å²) in [5, 5.41) is 0. The van der Waals surface area contributed by atoms with Crippen LogP contribution in [0.1, 0.15) is 18.1 Å². The number of nitrogen functional groups attached to an aromatic ring is 2. The molecule has 0 unspecified atom stereocenters. The van der Waals surface area contributed by atoms with Gasteiger partial charge in [-0.15, -0.1) is 0 Å². The van der Waals surface area contributed by atoms with Gasteiger partial charge in [0.2, 0.25) is 0 Å². The van der Waals surface area contributed by atoms with Gasteiger partial charge in [0.15, 0.2) is 9.84 Å². The minimum Gasteiger partial charge on any atom is -0.495 e. The fraction of sp³-hybridized carbons (Fsp3) is 0.455. The molecule has 0 amide bonds. The Labute approximate surface area is 200 Å². The lowest BCUT2D eigenvalue weighted by atomic mass is 10.2. The van der Waals surface area contributed by atoms with E-state index in [1.807, 2.05) is 24.8 Å². The van der Waals surface area contributed by atoms with Gasteiger partial charge in [-0.2, -0.15) is 4.33 Å². The molecule has 2 rings (SSSR count). The molecule has 0 fully saturated rings. The fourth-order valence-electron chi connectivity index (χ4n) is 3.21. The maximum atomic E-state index is 12.9. The van der Waals surface area contributed by atoms with Gasteiger partial charge < -0.3 is 25.8 Å². The zero-order valence-electron chi connectivity index (χ0n) is 19.7. The third-order valence-corrected chi connectivity index (χ3v) is 7.79. The number of methoxy groups -OCH3 is 2. The molecule has 0 aliphatic heterocycles. The Morgan fingerprint density at radius 1 is 0.939 bits per heavy atom. The number of nitrogens with two attached hydrogens (primary N) is 2. The van der Waals surface area contributed by atoms with Crippen LogP contribution in [0, 0.1) is 13.8 Å². The molecule has 0 radical (unpaired) electrons. The maximum absolute atomic E-state index is 12.9. The summed E-state index contributed by atoms with van der Waals surface area (Å²) < 4.78 is 41.4. The van der Waals surface area contributed by atoms with Crippen LogP contribution in [0.15, 0.2) is 34.1 Å². The van der Waals surface area contributed by atoms with Crippen LogP contribution < -0.4 is 20.9 Å². The minimum atomic E-state index is -3.51. The summed E-state index contributed by atoms with van der Waals surface area (Å²) in [5.41, 5.74) is 14.3. The molecule has 2 aromatic rings. The van der Waals surface area contributed by atoms with E-state index in [1.54, 1.807) is 26.2 Å². The first kappa shape index (κ1) is 27.1. The van der Waals surface area contributed by atoms with Crippen LogP contribution in [-0.4, -0.2) is 59.5 Å². The molecule has 9 nitrogen and oxygen atoms in total. The van der Waals surface area contributed by atoms with Gasteiger partial charge in [-0.1, -0.05) is 6.92 Å². The fourth-order valence-corrected chi connectivity index (χ4v) is 5.30. The van der Waals surface area contributed by atoms with Crippen LogP contribution >= 0.6 is 12.0 Å². The highest BCUT2D eigenvalue weighted by Gasteiger charge is 2.20. The number of hydrogen-bond acceptors (Lipinski definition) is 10. The van der Waals surface area contributed by atoms with Gasteiger partial charge in [-0.05, 0) is 49.7 Å². The van der Waals surface area contributed by atoms with Crippen molar-refractivity contribution in [2.45, 2.75) is 30.6 Å². The second kappa shape index (κ2) is 12.3. The average Bonchev–Trinajstić information content (AvgIpc) is 2.76. The Morgan fingerprint density at radius 2 is 1.55 bits per heavy atom. The van der Waals surface area contributed by atoms with Crippen LogP contribution in [0.25, 0.3) is 0 Å². The molecule has 0 aliphatic carbocycles. The molecule has 0 aromatic heterocycles. The minimum absolute atomic E-state index is 0.0330. The van der Waals surface area contributed by atoms with E-state index in [-0.39, 0.29) is 17.3 Å². The Kier molecular flexibility index (Phi) is 10.1. The highest BCUT2D eigenvalue weighted by Crippen LogP contribution is 2.32. The van der Waals surface area contributed by atoms with Crippen LogP contribution in [-0.2, 0) is 19.1 Å². The summed E-state index contributed by atoms with van der Waals surface area (Å²) in [7, 11) is -0.494. The van der Waals surface area contributed by atoms with Crippen molar-refractivity contribution in [1.29, 1.82) is 0 Å². The quantitative estimate of drug-likeness (QED) is 0.139. The largest absolute Gasteiger partial charge is 0.495 e. The van der Waals surface area contributed by atoms with Crippen molar-refractivity contribution in [3.63, 3.8) is 0 Å². The molecule has 2 aromatic carbocycles. The second-order valence-electron chi connectivity index (χ2n) is 7.45. The van der Waals surface area contributed by atoms with Gasteiger partial charge in [0, 0.05) is 24.1 Å². The molecule has 0 aliphatic rings. The predicted octanol–water partition coefficient (Wildman–Crippen LogP) is 3.24. The molecule has 0 saturated carbocycles. The zero-order chi connectivity index (χ0) is 24.6. The van der Waals surface area contributed by atoms with Crippen molar-refractivity contribution < 1.29 is 27.1 Å². The van der Waals surface area contributed by atoms with Crippen LogP contribution in [0.4, 0.5) is 11.4 Å². The standard InChI is InChI=1S/C22H33N3O6S2/c1-6-25(7-9-30-31-32-21-13-19(28-4)17(23)11-15(21)2)8-10-33(26,27)22-14-20(29-5)18(24)12-16(22)3/h11-14H,6-10,23-24H2,1-5H3. The van der Waals surface area contributed by atoms with Crippen molar-refractivity contribution in [2.24, 2.45) is 0 Å². The number of benzene rings is 2. The highest BCUT2D eigenvalue weighted by molar-refractivity contribution is 7.94. The number of anilines is 2. The Bertz CT molecular complexity index is 1050. The molecule has 0 spiro atoms. The number of likely N-dealkylation sites (N-methyl/N-ethyl adjacent to an activating group) is 1. The van der Waals surface area contributed by atoms with E-state index in [4.69, 9.17) is 30.2 Å². The molecule has 11 heteroatoms. The summed E-state index contributed by atoms with van der Waals surface area (Å²) in [5.74, 6) is 0.886. The van der Waals surface area contributed by atoms with E-state index >= 15 is 0 Å². The highest BCUT2D eigenvalue weighted by atomic mass is 32.2. The van der Waals surface area contributed by atoms with Gasteiger partial charge in [0.1, 0.15) is 11.5 Å². The average molecular weight is 500 g/mol. The molecule has 33 heavy (non-hydrogen) atoms. The first-order valence-electron chi connectivity index (χ1n) is 10.4. The lowest BCUT2D eigenvalue weighted by Crippen LogP contribution is -2.32. The lowest BCUT2D eigenvalue weighted by Gasteiger charge is -2.20. The summed E-state index contributed by atoms with van der Waals surface area (Å²) in [4.78, 5) is 8.32. The van der Waals surface area contributed by atoms with E-state index < -0.39 is 9.84 Å². The second-order valence-corrected chi connectivity index (χ2v) is 10.3. The van der Waals surface area contributed by atoms with Gasteiger partial charge in [-0.3, -0.25) is 0 Å². The topological polar surface area (TPSA) is 126 Å². The summed E-state index contributed by atoms with van der Waals surface area (Å²) in [6.45, 7) is 7.42. The van der Waals surface area contributed by atoms with E-state index in [0.29, 0.717) is 48.1 Å². The molecular weight excluding hydrogens is 466 g/mol. The van der Waals surface area contributed by atoms with E-state index in [2.05, 4.69) is 0 Å². The number of aryl methyl sites for hydroxylation is 2. The molecule has 0 saturated heterocycles. The van der Waals surface area contributed by atoms with E-state index in [0.717, 1.165) is 22.5 Å². The third-order valence-electron chi connectivity index (χ3n) is 5.18. The molecular formula is C22H33N3O6S2. The number of hydrogen-bond donors (Lipinski definition) is 2. The first-order chi connectivity index (χ1) is 15.6. The number of sulfone groups is 1. The summed E-state index contributed by atoms with van der Waals surface area (Å²) >= 11 is 1.07. The monoisotopic (exact) mass is 499 g/mol. The Balaban J connectivity index is 1.85. The predicted molar refractivity (Wildman–Crippen MR) is 131 cm³/mol. The normalized spacial score (nSPS) is 11.7. The molecule has 0 bridgehead atoms. The van der Waals surface area contributed by atoms with Crippen molar-refractivity contribution in [1.82, 2.24) is 4.90 Å². The molecule has 0 heterocycles. The van der Waals surface area contributed by atoms with Crippen molar-refractivity contribution in [3.8, 4) is 11.5 Å². The number of nitrogens with zero attached hydrogens (tertiary/aromatic N) is 1. The summed E-state index contributed by atoms with van der Waals surface area (Å²) in [6.07, 6.45) is 0. The molecule has 184 valence electrons. The maximum Gasteiger partial charge on any atom is 0.180 e. The van der Waals surface area contributed by atoms with Gasteiger partial charge in [0.05, 0.1) is 54.9 Å². The Morgan fingerprint density at radius 3 is 2.15 bits per heavy atom. The van der Waals surface area contributed by atoms with Crippen molar-refractivity contribution >= 4 is 33.3 Å². The van der Waals surface area contributed by atoms with Crippen molar-refractivity contribution in [2.75, 3.05) is 57.7 Å². The van der Waals surface area contributed by atoms with Crippen LogP contribution in [0.5, 0.6) is 11.5 Å². The zero-order valence-corrected chi connectivity index (χ0v) is 21.3. The van der Waals surface area contributed by atoms with Gasteiger partial charge >= 0.3 is 0 Å². The lowest BCUT2D eigenvalue weighted by molar-refractivity contribution is -0.193.